The van der Waals surface area contributed by atoms with Gasteiger partial charge in [-0.2, -0.15) is 5.10 Å². The van der Waals surface area contributed by atoms with Crippen LogP contribution in [0.15, 0.2) is 6.20 Å². The number of carbonyl (C=O) groups excluding carboxylic acids is 1. The molecule has 3 rings (SSSR count). The highest BCUT2D eigenvalue weighted by atomic mass is 16.2. The molecule has 3 heterocycles. The molecular formula is C19H28N6O. The zero-order chi connectivity index (χ0) is 18.8. The molecule has 1 unspecified atom stereocenters. The second-order valence-electron chi connectivity index (χ2n) is 7.40. The van der Waals surface area contributed by atoms with Crippen LogP contribution >= 0.6 is 0 Å². The predicted molar refractivity (Wildman–Crippen MR) is 99.6 cm³/mol. The zero-order valence-electron chi connectivity index (χ0n) is 16.3. The zero-order valence-corrected chi connectivity index (χ0v) is 16.3. The van der Waals surface area contributed by atoms with Crippen molar-refractivity contribution in [3.8, 4) is 0 Å². The van der Waals surface area contributed by atoms with Gasteiger partial charge in [0.05, 0.1) is 23.9 Å². The first-order valence-corrected chi connectivity index (χ1v) is 9.14. The number of carbonyl (C=O) groups is 1. The molecule has 140 valence electrons. The molecule has 2 aromatic rings. The maximum Gasteiger partial charge on any atom is 0.227 e. The SMILES string of the molecule is Cc1ncc(CN(C)C)c(C2CCCN2C(=O)Cc2c(C)n[nH]c2C)n1. The van der Waals surface area contributed by atoms with Gasteiger partial charge in [0.25, 0.3) is 0 Å². The third-order valence-corrected chi connectivity index (χ3v) is 5.00. The number of hydrogen-bond donors (Lipinski definition) is 1. The highest BCUT2D eigenvalue weighted by molar-refractivity contribution is 5.80. The molecule has 7 nitrogen and oxygen atoms in total. The first-order valence-electron chi connectivity index (χ1n) is 9.14. The molecule has 1 aliphatic heterocycles. The summed E-state index contributed by atoms with van der Waals surface area (Å²) in [4.78, 5) is 26.2. The Morgan fingerprint density at radius 1 is 1.35 bits per heavy atom. The van der Waals surface area contributed by atoms with Gasteiger partial charge >= 0.3 is 0 Å². The normalized spacial score (nSPS) is 17.3. The van der Waals surface area contributed by atoms with E-state index in [0.29, 0.717) is 6.42 Å². The van der Waals surface area contributed by atoms with Crippen molar-refractivity contribution in [2.45, 2.75) is 52.6 Å². The van der Waals surface area contributed by atoms with E-state index in [4.69, 9.17) is 4.98 Å². The summed E-state index contributed by atoms with van der Waals surface area (Å²) in [5.41, 5.74) is 4.97. The molecule has 1 atom stereocenters. The average molecular weight is 356 g/mol. The first-order chi connectivity index (χ1) is 12.4. The predicted octanol–water partition coefficient (Wildman–Crippen LogP) is 2.09. The molecule has 0 radical (unpaired) electrons. The summed E-state index contributed by atoms with van der Waals surface area (Å²) in [6.45, 7) is 7.36. The average Bonchev–Trinajstić information content (AvgIpc) is 3.18. The number of likely N-dealkylation sites (tertiary alicyclic amines) is 1. The number of aryl methyl sites for hydroxylation is 3. The topological polar surface area (TPSA) is 78.0 Å². The van der Waals surface area contributed by atoms with Crippen LogP contribution in [-0.4, -0.2) is 56.5 Å². The van der Waals surface area contributed by atoms with E-state index in [1.807, 2.05) is 46.0 Å². The fraction of sp³-hybridized carbons (Fsp3) is 0.579. The third-order valence-electron chi connectivity index (χ3n) is 5.00. The summed E-state index contributed by atoms with van der Waals surface area (Å²) in [5.74, 6) is 0.899. The molecule has 1 aliphatic rings. The van der Waals surface area contributed by atoms with Gasteiger partial charge in [-0.15, -0.1) is 0 Å². The van der Waals surface area contributed by atoms with Crippen molar-refractivity contribution in [1.82, 2.24) is 30.0 Å². The maximum absolute atomic E-state index is 13.0. The molecule has 1 saturated heterocycles. The Hall–Kier alpha value is -2.28. The van der Waals surface area contributed by atoms with Crippen LogP contribution in [-0.2, 0) is 17.8 Å². The molecule has 0 spiro atoms. The van der Waals surface area contributed by atoms with Crippen molar-refractivity contribution >= 4 is 5.91 Å². The van der Waals surface area contributed by atoms with Crippen LogP contribution in [0.25, 0.3) is 0 Å². The quantitative estimate of drug-likeness (QED) is 0.887. The van der Waals surface area contributed by atoms with Gasteiger partial charge in [0, 0.05) is 36.1 Å². The highest BCUT2D eigenvalue weighted by Crippen LogP contribution is 2.33. The molecule has 0 saturated carbocycles. The van der Waals surface area contributed by atoms with E-state index in [1.165, 1.54) is 0 Å². The number of amides is 1. The van der Waals surface area contributed by atoms with Crippen molar-refractivity contribution in [3.05, 3.63) is 40.2 Å². The van der Waals surface area contributed by atoms with E-state index in [0.717, 1.165) is 60.0 Å². The minimum absolute atomic E-state index is 0.0339. The Morgan fingerprint density at radius 2 is 2.12 bits per heavy atom. The molecule has 1 amide bonds. The number of aromatic nitrogens is 4. The fourth-order valence-corrected chi connectivity index (χ4v) is 3.70. The summed E-state index contributed by atoms with van der Waals surface area (Å²) in [6.07, 6.45) is 4.25. The summed E-state index contributed by atoms with van der Waals surface area (Å²) in [5, 5.41) is 7.18. The van der Waals surface area contributed by atoms with Crippen LogP contribution in [0.3, 0.4) is 0 Å². The lowest BCUT2D eigenvalue weighted by atomic mass is 10.0. The van der Waals surface area contributed by atoms with Crippen molar-refractivity contribution < 1.29 is 4.79 Å². The van der Waals surface area contributed by atoms with E-state index in [1.54, 1.807) is 0 Å². The highest BCUT2D eigenvalue weighted by Gasteiger charge is 2.33. The van der Waals surface area contributed by atoms with E-state index in [9.17, 15) is 4.79 Å². The minimum Gasteiger partial charge on any atom is -0.334 e. The van der Waals surface area contributed by atoms with Crippen molar-refractivity contribution in [2.75, 3.05) is 20.6 Å². The van der Waals surface area contributed by atoms with Crippen molar-refractivity contribution in [3.63, 3.8) is 0 Å². The number of H-pyrrole nitrogens is 1. The van der Waals surface area contributed by atoms with Gasteiger partial charge in [0.15, 0.2) is 0 Å². The van der Waals surface area contributed by atoms with Gasteiger partial charge < -0.3 is 9.80 Å². The monoisotopic (exact) mass is 356 g/mol. The lowest BCUT2D eigenvalue weighted by Crippen LogP contribution is -2.33. The van der Waals surface area contributed by atoms with E-state index >= 15 is 0 Å². The van der Waals surface area contributed by atoms with E-state index < -0.39 is 0 Å². The summed E-state index contributed by atoms with van der Waals surface area (Å²) < 4.78 is 0. The van der Waals surface area contributed by atoms with Gasteiger partial charge in [0.2, 0.25) is 5.91 Å². The minimum atomic E-state index is 0.0339. The molecule has 0 aliphatic carbocycles. The number of aromatic amines is 1. The summed E-state index contributed by atoms with van der Waals surface area (Å²) in [7, 11) is 4.07. The molecule has 0 bridgehead atoms. The van der Waals surface area contributed by atoms with Crippen molar-refractivity contribution in [1.29, 1.82) is 0 Å². The number of hydrogen-bond acceptors (Lipinski definition) is 5. The van der Waals surface area contributed by atoms with Crippen molar-refractivity contribution in [2.24, 2.45) is 0 Å². The van der Waals surface area contributed by atoms with E-state index in [-0.39, 0.29) is 11.9 Å². The molecule has 26 heavy (non-hydrogen) atoms. The fourth-order valence-electron chi connectivity index (χ4n) is 3.70. The van der Waals surface area contributed by atoms with Crippen LogP contribution in [0.1, 0.15) is 52.9 Å². The Labute approximate surface area is 154 Å². The van der Waals surface area contributed by atoms with Gasteiger partial charge in [-0.25, -0.2) is 9.97 Å². The van der Waals surface area contributed by atoms with E-state index in [2.05, 4.69) is 20.1 Å². The second-order valence-corrected chi connectivity index (χ2v) is 7.40. The van der Waals surface area contributed by atoms with Crippen LogP contribution in [0.4, 0.5) is 0 Å². The maximum atomic E-state index is 13.0. The van der Waals surface area contributed by atoms with Crippen LogP contribution in [0.2, 0.25) is 0 Å². The number of nitrogens with zero attached hydrogens (tertiary/aromatic N) is 5. The number of nitrogens with one attached hydrogen (secondary N) is 1. The van der Waals surface area contributed by atoms with Crippen LogP contribution < -0.4 is 0 Å². The first kappa shape index (κ1) is 18.5. The Bertz CT molecular complexity index is 778. The largest absolute Gasteiger partial charge is 0.334 e. The van der Waals surface area contributed by atoms with Gasteiger partial charge in [-0.05, 0) is 47.7 Å². The molecular weight excluding hydrogens is 328 g/mol. The third kappa shape index (κ3) is 3.77. The van der Waals surface area contributed by atoms with Crippen LogP contribution in [0, 0.1) is 20.8 Å². The second kappa shape index (κ2) is 7.53. The Kier molecular flexibility index (Phi) is 5.36. The lowest BCUT2D eigenvalue weighted by Gasteiger charge is -2.27. The molecule has 1 fully saturated rings. The molecule has 2 aromatic heterocycles. The Morgan fingerprint density at radius 3 is 2.77 bits per heavy atom. The smallest absolute Gasteiger partial charge is 0.227 e. The summed E-state index contributed by atoms with van der Waals surface area (Å²) in [6, 6.07) is 0.0339. The summed E-state index contributed by atoms with van der Waals surface area (Å²) >= 11 is 0. The van der Waals surface area contributed by atoms with Crippen LogP contribution in [0.5, 0.6) is 0 Å². The number of rotatable bonds is 5. The molecule has 0 aromatic carbocycles. The van der Waals surface area contributed by atoms with Gasteiger partial charge in [-0.3, -0.25) is 9.89 Å². The van der Waals surface area contributed by atoms with Gasteiger partial charge in [-0.1, -0.05) is 0 Å². The molecule has 1 N–H and O–H groups in total. The Balaban J connectivity index is 1.86. The molecule has 7 heteroatoms. The lowest BCUT2D eigenvalue weighted by molar-refractivity contribution is -0.131. The van der Waals surface area contributed by atoms with Gasteiger partial charge in [0.1, 0.15) is 5.82 Å². The standard InChI is InChI=1S/C19H28N6O/c1-12-16(13(2)23-22-12)9-18(26)25-8-6-7-17(25)19-15(11-24(4)5)10-20-14(3)21-19/h10,17H,6-9,11H2,1-5H3,(H,22,23).